The van der Waals surface area contributed by atoms with Crippen LogP contribution in [0.2, 0.25) is 0 Å². The number of carbonyl (C=O) groups is 1. The van der Waals surface area contributed by atoms with E-state index < -0.39 is 5.41 Å². The minimum Gasteiger partial charge on any atom is -0.460 e. The molecule has 25 heavy (non-hydrogen) atoms. The molecular formula is C21H19NO3. The Hall–Kier alpha value is -2.88. The summed E-state index contributed by atoms with van der Waals surface area (Å²) >= 11 is 0. The maximum atomic E-state index is 12.6. The van der Waals surface area contributed by atoms with Gasteiger partial charge >= 0.3 is 5.97 Å². The molecule has 4 heteroatoms. The van der Waals surface area contributed by atoms with E-state index in [4.69, 9.17) is 4.74 Å². The van der Waals surface area contributed by atoms with Crippen LogP contribution >= 0.6 is 0 Å². The number of fused-ring (bicyclic) bond motifs is 1. The standard InChI is InChI=1S/C21H19NO3/c1-14-6-8-17(9-7-14)21(10-11-21)20(24)25-13-16-12-15-4-2-3-5-18(15)22-19(16)23/h2-9,12H,10-11,13H2,1H3,(H,22,23). The molecule has 1 saturated carbocycles. The number of hydrogen-bond acceptors (Lipinski definition) is 3. The summed E-state index contributed by atoms with van der Waals surface area (Å²) in [6, 6.07) is 17.3. The van der Waals surface area contributed by atoms with Gasteiger partial charge in [-0.3, -0.25) is 9.59 Å². The highest BCUT2D eigenvalue weighted by molar-refractivity contribution is 5.86. The van der Waals surface area contributed by atoms with Gasteiger partial charge in [-0.1, -0.05) is 48.0 Å². The Morgan fingerprint density at radius 2 is 1.84 bits per heavy atom. The minimum atomic E-state index is -0.530. The normalized spacial score (nSPS) is 15.1. The van der Waals surface area contributed by atoms with E-state index in [1.165, 1.54) is 0 Å². The predicted molar refractivity (Wildman–Crippen MR) is 96.5 cm³/mol. The van der Waals surface area contributed by atoms with Crippen LogP contribution in [0.25, 0.3) is 10.9 Å². The van der Waals surface area contributed by atoms with Gasteiger partial charge in [-0.25, -0.2) is 0 Å². The number of aromatic nitrogens is 1. The van der Waals surface area contributed by atoms with E-state index in [0.717, 1.165) is 34.9 Å². The number of ether oxygens (including phenoxy) is 1. The first-order chi connectivity index (χ1) is 12.1. The van der Waals surface area contributed by atoms with Crippen molar-refractivity contribution >= 4 is 16.9 Å². The third-order valence-electron chi connectivity index (χ3n) is 4.93. The van der Waals surface area contributed by atoms with E-state index in [0.29, 0.717) is 5.56 Å². The summed E-state index contributed by atoms with van der Waals surface area (Å²) in [5.41, 5.74) is 2.66. The number of para-hydroxylation sites is 1. The lowest BCUT2D eigenvalue weighted by molar-refractivity contribution is -0.148. The van der Waals surface area contributed by atoms with E-state index in [2.05, 4.69) is 4.98 Å². The van der Waals surface area contributed by atoms with Gasteiger partial charge in [0.2, 0.25) is 0 Å². The zero-order valence-corrected chi connectivity index (χ0v) is 14.0. The highest BCUT2D eigenvalue weighted by Crippen LogP contribution is 2.49. The molecule has 1 aliphatic carbocycles. The molecule has 0 radical (unpaired) electrons. The number of rotatable bonds is 4. The van der Waals surface area contributed by atoms with Crippen molar-refractivity contribution in [3.05, 3.63) is 81.6 Å². The van der Waals surface area contributed by atoms with Gasteiger partial charge in [0.1, 0.15) is 6.61 Å². The second kappa shape index (κ2) is 5.88. The molecule has 0 spiro atoms. The summed E-state index contributed by atoms with van der Waals surface area (Å²) < 4.78 is 5.51. The molecular weight excluding hydrogens is 314 g/mol. The van der Waals surface area contributed by atoms with Crippen LogP contribution in [-0.2, 0) is 21.6 Å². The van der Waals surface area contributed by atoms with Crippen LogP contribution in [0.4, 0.5) is 0 Å². The van der Waals surface area contributed by atoms with Crippen molar-refractivity contribution in [1.29, 1.82) is 0 Å². The lowest BCUT2D eigenvalue weighted by atomic mass is 9.95. The molecule has 1 N–H and O–H groups in total. The maximum absolute atomic E-state index is 12.6. The fourth-order valence-electron chi connectivity index (χ4n) is 3.19. The topological polar surface area (TPSA) is 59.2 Å². The van der Waals surface area contributed by atoms with Crippen molar-refractivity contribution in [1.82, 2.24) is 4.98 Å². The zero-order chi connectivity index (χ0) is 17.4. The van der Waals surface area contributed by atoms with E-state index in [-0.39, 0.29) is 18.1 Å². The molecule has 0 amide bonds. The number of pyridine rings is 1. The van der Waals surface area contributed by atoms with Crippen molar-refractivity contribution in [2.24, 2.45) is 0 Å². The number of nitrogens with one attached hydrogen (secondary N) is 1. The molecule has 1 heterocycles. The molecule has 4 nitrogen and oxygen atoms in total. The SMILES string of the molecule is Cc1ccc(C2(C(=O)OCc3cc4ccccc4[nH]c3=O)CC2)cc1. The minimum absolute atomic E-state index is 0.00733. The summed E-state index contributed by atoms with van der Waals surface area (Å²) in [6.45, 7) is 2.01. The van der Waals surface area contributed by atoms with E-state index >= 15 is 0 Å². The number of carbonyl (C=O) groups excluding carboxylic acids is 1. The lowest BCUT2D eigenvalue weighted by Gasteiger charge is -2.15. The highest BCUT2D eigenvalue weighted by Gasteiger charge is 2.52. The molecule has 1 aromatic heterocycles. The highest BCUT2D eigenvalue weighted by atomic mass is 16.5. The second-order valence-corrected chi connectivity index (χ2v) is 6.74. The van der Waals surface area contributed by atoms with Gasteiger partial charge in [0.15, 0.2) is 0 Å². The number of aryl methyl sites for hydroxylation is 1. The average Bonchev–Trinajstić information content (AvgIpc) is 3.42. The smallest absolute Gasteiger partial charge is 0.316 e. The van der Waals surface area contributed by atoms with Crippen molar-refractivity contribution in [2.45, 2.75) is 31.8 Å². The van der Waals surface area contributed by atoms with E-state index in [9.17, 15) is 9.59 Å². The predicted octanol–water partition coefficient (Wildman–Crippen LogP) is 3.61. The second-order valence-electron chi connectivity index (χ2n) is 6.74. The van der Waals surface area contributed by atoms with Crippen LogP contribution in [0.5, 0.6) is 0 Å². The Morgan fingerprint density at radius 1 is 1.12 bits per heavy atom. The molecule has 1 aliphatic rings. The molecule has 0 atom stereocenters. The quantitative estimate of drug-likeness (QED) is 0.742. The Kier molecular flexibility index (Phi) is 3.68. The average molecular weight is 333 g/mol. The van der Waals surface area contributed by atoms with Crippen LogP contribution < -0.4 is 5.56 Å². The summed E-state index contributed by atoms with van der Waals surface area (Å²) in [5.74, 6) is -0.246. The Labute approximate surface area is 145 Å². The van der Waals surface area contributed by atoms with Gasteiger partial charge in [-0.05, 0) is 42.8 Å². The Balaban J connectivity index is 1.53. The first-order valence-corrected chi connectivity index (χ1v) is 8.44. The van der Waals surface area contributed by atoms with Gasteiger partial charge in [0.05, 0.1) is 11.0 Å². The van der Waals surface area contributed by atoms with E-state index in [1.807, 2.05) is 55.5 Å². The summed E-state index contributed by atoms with van der Waals surface area (Å²) in [7, 11) is 0. The van der Waals surface area contributed by atoms with Crippen molar-refractivity contribution in [3.63, 3.8) is 0 Å². The van der Waals surface area contributed by atoms with Crippen molar-refractivity contribution in [2.75, 3.05) is 0 Å². The number of hydrogen-bond donors (Lipinski definition) is 1. The molecule has 0 aliphatic heterocycles. The van der Waals surface area contributed by atoms with Crippen LogP contribution in [0.3, 0.4) is 0 Å². The monoisotopic (exact) mass is 333 g/mol. The third-order valence-corrected chi connectivity index (χ3v) is 4.93. The van der Waals surface area contributed by atoms with Gasteiger partial charge in [-0.2, -0.15) is 0 Å². The summed E-state index contributed by atoms with van der Waals surface area (Å²) in [4.78, 5) is 27.6. The van der Waals surface area contributed by atoms with Crippen molar-refractivity contribution < 1.29 is 9.53 Å². The van der Waals surface area contributed by atoms with Gasteiger partial charge in [0.25, 0.3) is 5.56 Å². The van der Waals surface area contributed by atoms with Crippen LogP contribution in [0.15, 0.2) is 59.4 Å². The zero-order valence-electron chi connectivity index (χ0n) is 14.0. The molecule has 2 aromatic carbocycles. The maximum Gasteiger partial charge on any atom is 0.316 e. The molecule has 4 rings (SSSR count). The molecule has 1 fully saturated rings. The summed E-state index contributed by atoms with van der Waals surface area (Å²) in [5, 5.41) is 0.924. The van der Waals surface area contributed by atoms with E-state index in [1.54, 1.807) is 6.07 Å². The Bertz CT molecular complexity index is 998. The van der Waals surface area contributed by atoms with Gasteiger partial charge < -0.3 is 9.72 Å². The molecule has 0 unspecified atom stereocenters. The molecule has 126 valence electrons. The van der Waals surface area contributed by atoms with Crippen molar-refractivity contribution in [3.8, 4) is 0 Å². The lowest BCUT2D eigenvalue weighted by Crippen LogP contribution is -2.24. The first kappa shape index (κ1) is 15.6. The molecule has 0 saturated heterocycles. The Morgan fingerprint density at radius 3 is 2.56 bits per heavy atom. The van der Waals surface area contributed by atoms with Gasteiger partial charge in [0, 0.05) is 5.52 Å². The summed E-state index contributed by atoms with van der Waals surface area (Å²) in [6.07, 6.45) is 1.59. The largest absolute Gasteiger partial charge is 0.460 e. The third kappa shape index (κ3) is 2.84. The fourth-order valence-corrected chi connectivity index (χ4v) is 3.19. The number of H-pyrrole nitrogens is 1. The number of esters is 1. The molecule has 3 aromatic rings. The number of benzene rings is 2. The number of aromatic amines is 1. The first-order valence-electron chi connectivity index (χ1n) is 8.44. The van der Waals surface area contributed by atoms with Crippen LogP contribution in [0, 0.1) is 6.92 Å². The van der Waals surface area contributed by atoms with Gasteiger partial charge in [-0.15, -0.1) is 0 Å². The van der Waals surface area contributed by atoms with Crippen LogP contribution in [-0.4, -0.2) is 11.0 Å². The van der Waals surface area contributed by atoms with Crippen LogP contribution in [0.1, 0.15) is 29.5 Å². The molecule has 0 bridgehead atoms. The fraction of sp³-hybridized carbons (Fsp3) is 0.238.